The van der Waals surface area contributed by atoms with Crippen LogP contribution in [-0.4, -0.2) is 31.3 Å². The van der Waals surface area contributed by atoms with Gasteiger partial charge in [0.05, 0.1) is 6.61 Å². The largest absolute Gasteiger partial charge is 0.489 e. The molecule has 0 bridgehead atoms. The Bertz CT molecular complexity index is 1050. The number of unbranched alkanes of at least 4 members (excludes halogenated alkanes) is 2. The first-order valence-corrected chi connectivity index (χ1v) is 14.2. The lowest BCUT2D eigenvalue weighted by molar-refractivity contribution is 0.282. The highest BCUT2D eigenvalue weighted by Crippen LogP contribution is 2.29. The maximum atomic E-state index is 9.22. The van der Waals surface area contributed by atoms with E-state index in [0.29, 0.717) is 6.61 Å². The molecule has 198 valence electrons. The van der Waals surface area contributed by atoms with Crippen molar-refractivity contribution in [3.05, 3.63) is 95.1 Å². The summed E-state index contributed by atoms with van der Waals surface area (Å²) in [5.41, 5.74) is 6.54. The molecule has 2 heterocycles. The number of hydrogen-bond donors (Lipinski definition) is 2. The molecule has 1 saturated heterocycles. The van der Waals surface area contributed by atoms with Gasteiger partial charge in [0.15, 0.2) is 0 Å². The summed E-state index contributed by atoms with van der Waals surface area (Å²) >= 11 is 0. The molecule has 0 saturated carbocycles. The number of piperidine rings is 1. The van der Waals surface area contributed by atoms with Crippen LogP contribution in [0.25, 0.3) is 0 Å². The molecule has 0 aromatic heterocycles. The van der Waals surface area contributed by atoms with Gasteiger partial charge >= 0.3 is 0 Å². The van der Waals surface area contributed by atoms with Crippen LogP contribution in [0, 0.1) is 0 Å². The van der Waals surface area contributed by atoms with Crippen LogP contribution in [0.3, 0.4) is 0 Å². The lowest BCUT2D eigenvalue weighted by atomic mass is 9.90. The Morgan fingerprint density at radius 3 is 2.41 bits per heavy atom. The van der Waals surface area contributed by atoms with Crippen LogP contribution in [0.5, 0.6) is 5.75 Å². The van der Waals surface area contributed by atoms with Crippen molar-refractivity contribution < 1.29 is 9.84 Å². The van der Waals surface area contributed by atoms with Gasteiger partial charge in [0.25, 0.3) is 0 Å². The van der Waals surface area contributed by atoms with Gasteiger partial charge in [0.1, 0.15) is 12.4 Å². The Morgan fingerprint density at radius 1 is 0.919 bits per heavy atom. The summed E-state index contributed by atoms with van der Waals surface area (Å²) in [6, 6.07) is 25.3. The van der Waals surface area contributed by atoms with Crippen LogP contribution in [0.1, 0.15) is 73.6 Å². The zero-order chi connectivity index (χ0) is 25.7. The highest BCUT2D eigenvalue weighted by Gasteiger charge is 2.17. The highest BCUT2D eigenvalue weighted by molar-refractivity contribution is 5.57. The van der Waals surface area contributed by atoms with Gasteiger partial charge in [-0.2, -0.15) is 0 Å². The second-order valence-corrected chi connectivity index (χ2v) is 10.3. The minimum atomic E-state index is 0.149. The summed E-state index contributed by atoms with van der Waals surface area (Å²) in [5, 5.41) is 12.6. The third-order valence-electron chi connectivity index (χ3n) is 7.52. The van der Waals surface area contributed by atoms with E-state index in [0.717, 1.165) is 36.9 Å². The Morgan fingerprint density at radius 2 is 1.68 bits per heavy atom. The van der Waals surface area contributed by atoms with Gasteiger partial charge in [-0.15, -0.1) is 0 Å². The number of para-hydroxylation sites is 1. The third-order valence-corrected chi connectivity index (χ3v) is 7.52. The molecule has 0 amide bonds. The molecular formula is C33H44N2O2. The van der Waals surface area contributed by atoms with Crippen molar-refractivity contribution in [2.75, 3.05) is 31.1 Å². The van der Waals surface area contributed by atoms with E-state index in [1.165, 1.54) is 73.9 Å². The van der Waals surface area contributed by atoms with Gasteiger partial charge in [0.2, 0.25) is 0 Å². The van der Waals surface area contributed by atoms with Crippen LogP contribution < -0.4 is 15.0 Å². The van der Waals surface area contributed by atoms with Gasteiger partial charge in [-0.25, -0.2) is 0 Å². The summed E-state index contributed by atoms with van der Waals surface area (Å²) in [7, 11) is 0. The average Bonchev–Trinajstić information content (AvgIpc) is 2.98. The number of anilines is 1. The van der Waals surface area contributed by atoms with Crippen molar-refractivity contribution in [1.82, 2.24) is 5.32 Å². The first-order valence-electron chi connectivity index (χ1n) is 14.2. The zero-order valence-corrected chi connectivity index (χ0v) is 22.5. The summed E-state index contributed by atoms with van der Waals surface area (Å²) in [5.74, 6) is 1.65. The molecule has 5 rings (SSSR count). The molecule has 37 heavy (non-hydrogen) atoms. The molecule has 0 atom stereocenters. The van der Waals surface area contributed by atoms with Crippen LogP contribution in [0.4, 0.5) is 5.69 Å². The Hall–Kier alpha value is -2.82. The third kappa shape index (κ3) is 8.34. The normalized spacial score (nSPS) is 15.5. The molecule has 0 radical (unpaired) electrons. The Labute approximate surface area is 223 Å². The van der Waals surface area contributed by atoms with Gasteiger partial charge in [-0.3, -0.25) is 0 Å². The highest BCUT2D eigenvalue weighted by atomic mass is 16.5. The summed E-state index contributed by atoms with van der Waals surface area (Å²) < 4.78 is 5.77. The van der Waals surface area contributed by atoms with Gasteiger partial charge in [0, 0.05) is 18.8 Å². The molecular weight excluding hydrogens is 456 g/mol. The molecule has 3 aromatic rings. The molecule has 2 N–H and O–H groups in total. The fourth-order valence-electron chi connectivity index (χ4n) is 5.30. The zero-order valence-electron chi connectivity index (χ0n) is 22.5. The number of fused-ring (bicyclic) bond motifs is 1. The average molecular weight is 501 g/mol. The van der Waals surface area contributed by atoms with E-state index in [1.807, 2.05) is 36.4 Å². The number of hydrogen-bond acceptors (Lipinski definition) is 4. The van der Waals surface area contributed by atoms with Crippen molar-refractivity contribution in [1.29, 1.82) is 0 Å². The van der Waals surface area contributed by atoms with Gasteiger partial charge < -0.3 is 20.1 Å². The van der Waals surface area contributed by atoms with E-state index in [9.17, 15) is 5.11 Å². The summed E-state index contributed by atoms with van der Waals surface area (Å²) in [6.07, 6.45) is 8.81. The van der Waals surface area contributed by atoms with Crippen molar-refractivity contribution in [2.45, 2.75) is 71.0 Å². The lowest BCUT2D eigenvalue weighted by Crippen LogP contribution is -2.30. The van der Waals surface area contributed by atoms with E-state index in [-0.39, 0.29) is 6.61 Å². The number of aliphatic hydroxyl groups is 1. The van der Waals surface area contributed by atoms with Crippen LogP contribution in [0.15, 0.2) is 72.8 Å². The summed E-state index contributed by atoms with van der Waals surface area (Å²) in [6.45, 7) is 7.65. The van der Waals surface area contributed by atoms with Gasteiger partial charge in [-0.1, -0.05) is 74.4 Å². The number of aryl methyl sites for hydroxylation is 1. The van der Waals surface area contributed by atoms with Crippen LogP contribution in [-0.2, 0) is 19.6 Å². The number of nitrogens with zero attached hydrogens (tertiary/aromatic N) is 1. The molecule has 1 fully saturated rings. The predicted molar refractivity (Wildman–Crippen MR) is 154 cm³/mol. The van der Waals surface area contributed by atoms with E-state index >= 15 is 0 Å². The molecule has 3 aromatic carbocycles. The second kappa shape index (κ2) is 14.8. The fraction of sp³-hybridized carbons (Fsp3) is 0.455. The minimum Gasteiger partial charge on any atom is -0.489 e. The fourth-order valence-corrected chi connectivity index (χ4v) is 5.30. The first-order chi connectivity index (χ1) is 18.3. The van der Waals surface area contributed by atoms with E-state index < -0.39 is 0 Å². The van der Waals surface area contributed by atoms with E-state index in [2.05, 4.69) is 53.5 Å². The van der Waals surface area contributed by atoms with Crippen molar-refractivity contribution in [2.24, 2.45) is 0 Å². The number of rotatable bonds is 9. The quantitative estimate of drug-likeness (QED) is 0.315. The molecule has 4 nitrogen and oxygen atoms in total. The van der Waals surface area contributed by atoms with E-state index in [4.69, 9.17) is 4.74 Å². The topological polar surface area (TPSA) is 44.7 Å². The molecule has 0 spiro atoms. The van der Waals surface area contributed by atoms with Crippen LogP contribution in [0.2, 0.25) is 0 Å². The Balaban J connectivity index is 0.000000176. The number of benzene rings is 3. The smallest absolute Gasteiger partial charge is 0.119 e. The number of ether oxygens (including phenoxy) is 1. The van der Waals surface area contributed by atoms with Crippen LogP contribution >= 0.6 is 0 Å². The van der Waals surface area contributed by atoms with Crippen molar-refractivity contribution in [3.63, 3.8) is 0 Å². The Kier molecular flexibility index (Phi) is 10.9. The molecule has 0 unspecified atom stereocenters. The number of aliphatic hydroxyl groups excluding tert-OH is 1. The maximum absolute atomic E-state index is 9.22. The molecule has 2 aliphatic heterocycles. The second-order valence-electron chi connectivity index (χ2n) is 10.3. The SMILES string of the molecule is CCCCCN1CCCc2ccc(CO)cc21.c1ccc(OCc2ccc(C3CCNCC3)cc2)cc1. The van der Waals surface area contributed by atoms with Crippen molar-refractivity contribution in [3.8, 4) is 5.75 Å². The molecule has 4 heteroatoms. The van der Waals surface area contributed by atoms with E-state index in [1.54, 1.807) is 0 Å². The lowest BCUT2D eigenvalue weighted by Gasteiger charge is -2.31. The number of nitrogens with one attached hydrogen (secondary N) is 1. The monoisotopic (exact) mass is 500 g/mol. The van der Waals surface area contributed by atoms with Crippen molar-refractivity contribution >= 4 is 5.69 Å². The minimum absolute atomic E-state index is 0.149. The maximum Gasteiger partial charge on any atom is 0.119 e. The first kappa shape index (κ1) is 27.2. The predicted octanol–water partition coefficient (Wildman–Crippen LogP) is 6.85. The summed E-state index contributed by atoms with van der Waals surface area (Å²) in [4.78, 5) is 2.49. The van der Waals surface area contributed by atoms with Gasteiger partial charge in [-0.05, 0) is 91.6 Å². The molecule has 0 aliphatic carbocycles. The molecule has 2 aliphatic rings. The standard InChI is InChI=1S/C18H21NO.C15H23NO/c1-2-4-18(5-3-1)20-14-15-6-8-16(9-7-15)17-10-12-19-13-11-17;1-2-3-4-9-16-10-5-6-14-8-7-13(12-17)11-15(14)16/h1-9,17,19H,10-14H2;7-8,11,17H,2-6,9-10,12H2,1H3.